The minimum atomic E-state index is -4.15. The summed E-state index contributed by atoms with van der Waals surface area (Å²) in [5, 5.41) is 16.4. The molecule has 8 heteroatoms. The number of nitrogens with two attached hydrogens (primary N) is 1. The van der Waals surface area contributed by atoms with Gasteiger partial charge in [0.15, 0.2) is 0 Å². The van der Waals surface area contributed by atoms with Gasteiger partial charge in [-0.2, -0.15) is 0 Å². The molecule has 0 spiro atoms. The van der Waals surface area contributed by atoms with E-state index in [0.29, 0.717) is 28.3 Å². The van der Waals surface area contributed by atoms with E-state index < -0.39 is 20.9 Å². The van der Waals surface area contributed by atoms with Crippen molar-refractivity contribution in [2.24, 2.45) is 5.14 Å². The monoisotopic (exact) mass is 442 g/mol. The number of ether oxygens (including phenoxy) is 1. The van der Waals surface area contributed by atoms with Gasteiger partial charge in [0.2, 0.25) is 15.8 Å². The fourth-order valence-corrected chi connectivity index (χ4v) is 4.47. The Morgan fingerprint density at radius 2 is 1.84 bits per heavy atom. The number of methoxy groups -OCH3 is 1. The Hall–Kier alpha value is -2.94. The highest BCUT2D eigenvalue weighted by molar-refractivity contribution is 7.90. The summed E-state index contributed by atoms with van der Waals surface area (Å²) in [4.78, 5) is 15.9. The van der Waals surface area contributed by atoms with Crippen LogP contribution in [0.3, 0.4) is 0 Å². The van der Waals surface area contributed by atoms with Crippen molar-refractivity contribution in [1.29, 1.82) is 0 Å². The van der Waals surface area contributed by atoms with Crippen LogP contribution in [0.1, 0.15) is 39.8 Å². The number of primary sulfonamides is 1. The van der Waals surface area contributed by atoms with Crippen LogP contribution in [-0.2, 0) is 21.2 Å². The predicted octanol–water partition coefficient (Wildman–Crippen LogP) is 2.67. The molecule has 7 nitrogen and oxygen atoms in total. The zero-order valence-corrected chi connectivity index (χ0v) is 18.4. The molecule has 2 aromatic carbocycles. The summed E-state index contributed by atoms with van der Waals surface area (Å²) in [6.45, 7) is 3.30. The number of carbonyl (C=O) groups excluding carboxylic acids is 1. The van der Waals surface area contributed by atoms with E-state index in [4.69, 9.17) is 9.88 Å². The molecule has 0 radical (unpaired) electrons. The molecule has 1 aromatic heterocycles. The predicted molar refractivity (Wildman–Crippen MR) is 119 cm³/mol. The summed E-state index contributed by atoms with van der Waals surface area (Å²) < 4.78 is 28.4. The molecule has 0 fully saturated rings. The number of sulfonamides is 1. The smallest absolute Gasteiger partial charge is 0.221 e. The first-order valence-corrected chi connectivity index (χ1v) is 11.3. The zero-order valence-electron chi connectivity index (χ0n) is 17.6. The van der Waals surface area contributed by atoms with Crippen molar-refractivity contribution in [3.8, 4) is 5.75 Å². The topological polar surface area (TPSA) is 122 Å². The largest absolute Gasteiger partial charge is 0.496 e. The van der Waals surface area contributed by atoms with E-state index in [1.165, 1.54) is 14.0 Å². The van der Waals surface area contributed by atoms with Crippen LogP contribution in [0.15, 0.2) is 60.7 Å². The Kier molecular flexibility index (Phi) is 6.35. The SMILES string of the molecule is COc1cc(C)ccc1C(=O)c1ccc(CC(O)C(C)(c2ccccc2)S(N)(=O)=O)[nH]1. The van der Waals surface area contributed by atoms with Gasteiger partial charge in [-0.1, -0.05) is 36.4 Å². The molecule has 3 rings (SSSR count). The third-order valence-corrected chi connectivity index (χ3v) is 7.27. The number of H-pyrrole nitrogens is 1. The van der Waals surface area contributed by atoms with E-state index in [9.17, 15) is 18.3 Å². The van der Waals surface area contributed by atoms with Crippen LogP contribution in [0.5, 0.6) is 5.75 Å². The number of aromatic amines is 1. The van der Waals surface area contributed by atoms with E-state index in [1.807, 2.05) is 13.0 Å². The molecule has 31 heavy (non-hydrogen) atoms. The van der Waals surface area contributed by atoms with Crippen molar-refractivity contribution in [2.45, 2.75) is 31.1 Å². The number of rotatable bonds is 8. The molecule has 0 saturated heterocycles. The summed E-state index contributed by atoms with van der Waals surface area (Å²) >= 11 is 0. The first kappa shape index (κ1) is 22.7. The van der Waals surface area contributed by atoms with Crippen molar-refractivity contribution in [1.82, 2.24) is 4.98 Å². The van der Waals surface area contributed by atoms with Crippen LogP contribution < -0.4 is 9.88 Å². The second-order valence-corrected chi connectivity index (χ2v) is 9.61. The lowest BCUT2D eigenvalue weighted by atomic mass is 9.91. The molecule has 2 unspecified atom stereocenters. The first-order valence-electron chi connectivity index (χ1n) is 9.71. The van der Waals surface area contributed by atoms with Crippen molar-refractivity contribution in [3.05, 3.63) is 88.7 Å². The molecular weight excluding hydrogens is 416 g/mol. The Morgan fingerprint density at radius 3 is 2.45 bits per heavy atom. The van der Waals surface area contributed by atoms with Crippen LogP contribution in [0.25, 0.3) is 0 Å². The molecule has 0 amide bonds. The number of aromatic nitrogens is 1. The lowest BCUT2D eigenvalue weighted by molar-refractivity contribution is 0.103. The van der Waals surface area contributed by atoms with Gasteiger partial charge in [-0.05, 0) is 49.2 Å². The number of nitrogens with one attached hydrogen (secondary N) is 1. The van der Waals surface area contributed by atoms with Crippen molar-refractivity contribution in [2.75, 3.05) is 7.11 Å². The van der Waals surface area contributed by atoms with Gasteiger partial charge < -0.3 is 14.8 Å². The second kappa shape index (κ2) is 8.66. The highest BCUT2D eigenvalue weighted by atomic mass is 32.2. The Labute approximate surface area is 181 Å². The van der Waals surface area contributed by atoms with Crippen LogP contribution >= 0.6 is 0 Å². The quantitative estimate of drug-likeness (QED) is 0.463. The molecule has 2 atom stereocenters. The average Bonchev–Trinajstić information content (AvgIpc) is 3.20. The number of aliphatic hydroxyl groups is 1. The minimum Gasteiger partial charge on any atom is -0.496 e. The highest BCUT2D eigenvalue weighted by Gasteiger charge is 2.45. The van der Waals surface area contributed by atoms with E-state index in [-0.39, 0.29) is 12.2 Å². The van der Waals surface area contributed by atoms with Gasteiger partial charge in [0.1, 0.15) is 10.5 Å². The number of aryl methyl sites for hydroxylation is 1. The van der Waals surface area contributed by atoms with Gasteiger partial charge in [-0.25, -0.2) is 13.6 Å². The lowest BCUT2D eigenvalue weighted by Crippen LogP contribution is -2.48. The molecule has 0 aliphatic heterocycles. The van der Waals surface area contributed by atoms with Gasteiger partial charge in [0.25, 0.3) is 0 Å². The van der Waals surface area contributed by atoms with Crippen LogP contribution in [-0.4, -0.2) is 37.5 Å². The summed E-state index contributed by atoms with van der Waals surface area (Å²) in [5.74, 6) is 0.196. The second-order valence-electron chi connectivity index (χ2n) is 7.67. The van der Waals surface area contributed by atoms with E-state index in [1.54, 1.807) is 54.6 Å². The van der Waals surface area contributed by atoms with Crippen molar-refractivity contribution < 1.29 is 23.1 Å². The fraction of sp³-hybridized carbons (Fsp3) is 0.261. The summed E-state index contributed by atoms with van der Waals surface area (Å²) in [6.07, 6.45) is -1.39. The Balaban J connectivity index is 1.89. The number of carbonyl (C=O) groups is 1. The fourth-order valence-electron chi connectivity index (χ4n) is 3.54. The third kappa shape index (κ3) is 4.41. The van der Waals surface area contributed by atoms with Crippen molar-refractivity contribution >= 4 is 15.8 Å². The highest BCUT2D eigenvalue weighted by Crippen LogP contribution is 2.34. The van der Waals surface area contributed by atoms with E-state index >= 15 is 0 Å². The van der Waals surface area contributed by atoms with E-state index in [0.717, 1.165) is 5.56 Å². The molecular formula is C23H26N2O5S. The van der Waals surface area contributed by atoms with Gasteiger partial charge in [-0.15, -0.1) is 0 Å². The van der Waals surface area contributed by atoms with E-state index in [2.05, 4.69) is 4.98 Å². The van der Waals surface area contributed by atoms with Gasteiger partial charge in [0.05, 0.1) is 24.5 Å². The summed E-state index contributed by atoms with van der Waals surface area (Å²) in [5.41, 5.74) is 2.57. The summed E-state index contributed by atoms with van der Waals surface area (Å²) in [7, 11) is -2.65. The van der Waals surface area contributed by atoms with Gasteiger partial charge >= 0.3 is 0 Å². The maximum Gasteiger partial charge on any atom is 0.221 e. The maximum absolute atomic E-state index is 12.9. The number of hydrogen-bond acceptors (Lipinski definition) is 5. The van der Waals surface area contributed by atoms with Gasteiger partial charge in [-0.3, -0.25) is 4.79 Å². The molecule has 4 N–H and O–H groups in total. The Bertz CT molecular complexity index is 1190. The zero-order chi connectivity index (χ0) is 22.8. The first-order chi connectivity index (χ1) is 14.6. The number of aliphatic hydroxyl groups excluding tert-OH is 1. The molecule has 0 bridgehead atoms. The minimum absolute atomic E-state index is 0.0415. The molecule has 164 valence electrons. The average molecular weight is 443 g/mol. The van der Waals surface area contributed by atoms with Gasteiger partial charge in [0, 0.05) is 12.1 Å². The van der Waals surface area contributed by atoms with Crippen LogP contribution in [0, 0.1) is 6.92 Å². The molecule has 0 saturated carbocycles. The molecule has 0 aliphatic rings. The Morgan fingerprint density at radius 1 is 1.16 bits per heavy atom. The van der Waals surface area contributed by atoms with Crippen LogP contribution in [0.4, 0.5) is 0 Å². The number of benzene rings is 2. The summed E-state index contributed by atoms with van der Waals surface area (Å²) in [6, 6.07) is 16.9. The third-order valence-electron chi connectivity index (χ3n) is 5.58. The number of hydrogen-bond donors (Lipinski definition) is 3. The number of ketones is 1. The normalized spacial score (nSPS) is 14.6. The van der Waals surface area contributed by atoms with Crippen molar-refractivity contribution in [3.63, 3.8) is 0 Å². The standard InChI is InChI=1S/C23H26N2O5S/c1-15-9-11-18(20(13-15)30-3)22(27)19-12-10-17(25-19)14-21(26)23(2,31(24,28)29)16-7-5-4-6-8-16/h4-13,21,25-26H,14H2,1-3H3,(H2,24,28,29). The molecule has 3 aromatic rings. The maximum atomic E-state index is 12.9. The van der Waals surface area contributed by atoms with Crippen LogP contribution in [0.2, 0.25) is 0 Å². The molecule has 1 heterocycles. The molecule has 0 aliphatic carbocycles. The lowest BCUT2D eigenvalue weighted by Gasteiger charge is -2.32.